The third-order valence-electron chi connectivity index (χ3n) is 2.46. The molecule has 0 aromatic heterocycles. The maximum Gasteiger partial charge on any atom is 0.267 e. The minimum Gasteiger partial charge on any atom is -0.380 e. The first-order valence-corrected chi connectivity index (χ1v) is 6.06. The van der Waals surface area contributed by atoms with Crippen LogP contribution in [-0.4, -0.2) is 34.0 Å². The summed E-state index contributed by atoms with van der Waals surface area (Å²) in [5.74, 6) is 0.0354. The van der Waals surface area contributed by atoms with Gasteiger partial charge in [0.2, 0.25) is 0 Å². The van der Waals surface area contributed by atoms with Crippen LogP contribution < -0.4 is 0 Å². The van der Waals surface area contributed by atoms with Gasteiger partial charge in [0.1, 0.15) is 0 Å². The summed E-state index contributed by atoms with van der Waals surface area (Å²) < 4.78 is 32.0. The molecule has 0 aromatic carbocycles. The molecule has 0 radical (unpaired) electrons. The summed E-state index contributed by atoms with van der Waals surface area (Å²) in [4.78, 5) is 0. The van der Waals surface area contributed by atoms with E-state index in [-0.39, 0.29) is 17.8 Å². The zero-order valence-electron chi connectivity index (χ0n) is 8.08. The maximum absolute atomic E-state index is 11.0. The molecular formula is C8H16O4S. The highest BCUT2D eigenvalue weighted by molar-refractivity contribution is 7.86. The van der Waals surface area contributed by atoms with E-state index >= 15 is 0 Å². The molecule has 0 N–H and O–H groups in total. The summed E-state index contributed by atoms with van der Waals surface area (Å²) in [7, 11) is -3.29. The maximum atomic E-state index is 11.0. The lowest BCUT2D eigenvalue weighted by atomic mass is 9.84. The summed E-state index contributed by atoms with van der Waals surface area (Å²) in [6, 6.07) is 0. The van der Waals surface area contributed by atoms with Crippen molar-refractivity contribution in [3.05, 3.63) is 0 Å². The second-order valence-corrected chi connectivity index (χ2v) is 5.38. The number of ether oxygens (including phenoxy) is 1. The van der Waals surface area contributed by atoms with Crippen LogP contribution in [0, 0.1) is 5.41 Å². The van der Waals surface area contributed by atoms with Crippen molar-refractivity contribution < 1.29 is 17.3 Å². The summed E-state index contributed by atoms with van der Waals surface area (Å²) in [6.45, 7) is 5.08. The fourth-order valence-electron chi connectivity index (χ4n) is 1.08. The molecule has 1 fully saturated rings. The normalized spacial score (nSPS) is 21.1. The molecule has 5 heteroatoms. The van der Waals surface area contributed by atoms with Crippen LogP contribution in [0.1, 0.15) is 20.3 Å². The monoisotopic (exact) mass is 208 g/mol. The lowest BCUT2D eigenvalue weighted by Crippen LogP contribution is -2.46. The van der Waals surface area contributed by atoms with Crippen molar-refractivity contribution >= 4 is 10.1 Å². The Labute approximate surface area is 79.3 Å². The van der Waals surface area contributed by atoms with Gasteiger partial charge in [-0.05, 0) is 13.3 Å². The molecule has 1 heterocycles. The van der Waals surface area contributed by atoms with Crippen LogP contribution in [0.15, 0.2) is 0 Å². The van der Waals surface area contributed by atoms with E-state index in [0.717, 1.165) is 6.42 Å². The van der Waals surface area contributed by atoms with Crippen LogP contribution in [0.25, 0.3) is 0 Å². The predicted molar refractivity (Wildman–Crippen MR) is 49.0 cm³/mol. The Bertz CT molecular complexity index is 248. The Morgan fingerprint density at radius 2 is 2.00 bits per heavy atom. The molecule has 0 unspecified atom stereocenters. The molecule has 78 valence electrons. The van der Waals surface area contributed by atoms with Gasteiger partial charge in [-0.1, -0.05) is 6.92 Å². The molecule has 13 heavy (non-hydrogen) atoms. The molecule has 1 aliphatic rings. The topological polar surface area (TPSA) is 52.6 Å². The van der Waals surface area contributed by atoms with Gasteiger partial charge in [-0.25, -0.2) is 0 Å². The molecular weight excluding hydrogens is 192 g/mol. The smallest absolute Gasteiger partial charge is 0.267 e. The van der Waals surface area contributed by atoms with Crippen LogP contribution in [-0.2, 0) is 19.0 Å². The van der Waals surface area contributed by atoms with Crippen molar-refractivity contribution in [2.24, 2.45) is 5.41 Å². The lowest BCUT2D eigenvalue weighted by Gasteiger charge is -2.39. The molecule has 0 spiro atoms. The van der Waals surface area contributed by atoms with Crippen LogP contribution >= 0.6 is 0 Å². The van der Waals surface area contributed by atoms with E-state index in [2.05, 4.69) is 0 Å². The standard InChI is InChI=1S/C8H16O4S/c1-3-8(5-11-6-8)7-12-13(9,10)4-2/h3-7H2,1-2H3. The van der Waals surface area contributed by atoms with E-state index in [1.165, 1.54) is 0 Å². The van der Waals surface area contributed by atoms with Crippen molar-refractivity contribution in [3.8, 4) is 0 Å². The second-order valence-electron chi connectivity index (χ2n) is 3.45. The summed E-state index contributed by atoms with van der Waals surface area (Å²) in [5, 5.41) is 0. The number of hydrogen-bond donors (Lipinski definition) is 0. The average molecular weight is 208 g/mol. The molecule has 0 saturated carbocycles. The van der Waals surface area contributed by atoms with Crippen molar-refractivity contribution in [3.63, 3.8) is 0 Å². The number of rotatable bonds is 5. The molecule has 4 nitrogen and oxygen atoms in total. The second kappa shape index (κ2) is 3.94. The minimum absolute atomic E-state index is 0.0354. The average Bonchev–Trinajstić information content (AvgIpc) is 2.03. The zero-order chi connectivity index (χ0) is 9.95. The highest BCUT2D eigenvalue weighted by Gasteiger charge is 2.38. The predicted octanol–water partition coefficient (Wildman–Crippen LogP) is 0.779. The van der Waals surface area contributed by atoms with Crippen molar-refractivity contribution in [2.75, 3.05) is 25.6 Å². The van der Waals surface area contributed by atoms with Gasteiger partial charge >= 0.3 is 0 Å². The molecule has 1 saturated heterocycles. The first kappa shape index (κ1) is 10.9. The van der Waals surface area contributed by atoms with E-state index in [0.29, 0.717) is 13.2 Å². The Balaban J connectivity index is 2.41. The summed E-state index contributed by atoms with van der Waals surface area (Å²) in [6.07, 6.45) is 0.895. The van der Waals surface area contributed by atoms with E-state index in [4.69, 9.17) is 8.92 Å². The van der Waals surface area contributed by atoms with E-state index in [1.54, 1.807) is 6.92 Å². The Hall–Kier alpha value is -0.130. The highest BCUT2D eigenvalue weighted by Crippen LogP contribution is 2.31. The van der Waals surface area contributed by atoms with Gasteiger partial charge in [0.15, 0.2) is 0 Å². The van der Waals surface area contributed by atoms with Gasteiger partial charge in [-0.3, -0.25) is 4.18 Å². The van der Waals surface area contributed by atoms with Gasteiger partial charge in [0, 0.05) is 5.41 Å². The first-order valence-electron chi connectivity index (χ1n) is 4.48. The van der Waals surface area contributed by atoms with Crippen molar-refractivity contribution in [1.82, 2.24) is 0 Å². The highest BCUT2D eigenvalue weighted by atomic mass is 32.2. The third kappa shape index (κ3) is 2.65. The van der Waals surface area contributed by atoms with E-state index < -0.39 is 10.1 Å². The van der Waals surface area contributed by atoms with Crippen LogP contribution in [0.2, 0.25) is 0 Å². The van der Waals surface area contributed by atoms with Gasteiger partial charge in [0.05, 0.1) is 25.6 Å². The van der Waals surface area contributed by atoms with Gasteiger partial charge < -0.3 is 4.74 Å². The lowest BCUT2D eigenvalue weighted by molar-refractivity contribution is -0.132. The quantitative estimate of drug-likeness (QED) is 0.626. The largest absolute Gasteiger partial charge is 0.380 e. The molecule has 0 bridgehead atoms. The SMILES string of the molecule is CCC1(COS(=O)(=O)CC)COC1. The van der Waals surface area contributed by atoms with Crippen LogP contribution in [0.5, 0.6) is 0 Å². The Morgan fingerprint density at radius 1 is 1.38 bits per heavy atom. The van der Waals surface area contributed by atoms with Crippen molar-refractivity contribution in [2.45, 2.75) is 20.3 Å². The third-order valence-corrected chi connectivity index (χ3v) is 3.65. The van der Waals surface area contributed by atoms with Gasteiger partial charge in [-0.15, -0.1) is 0 Å². The summed E-state index contributed by atoms with van der Waals surface area (Å²) >= 11 is 0. The van der Waals surface area contributed by atoms with E-state index in [1.807, 2.05) is 6.92 Å². The summed E-state index contributed by atoms with van der Waals surface area (Å²) in [5.41, 5.74) is -0.0533. The minimum atomic E-state index is -3.29. The van der Waals surface area contributed by atoms with Crippen LogP contribution in [0.4, 0.5) is 0 Å². The first-order chi connectivity index (χ1) is 6.04. The Kier molecular flexibility index (Phi) is 3.32. The molecule has 0 amide bonds. The van der Waals surface area contributed by atoms with E-state index in [9.17, 15) is 8.42 Å². The molecule has 1 rings (SSSR count). The molecule has 1 aliphatic heterocycles. The molecule has 0 atom stereocenters. The zero-order valence-corrected chi connectivity index (χ0v) is 8.89. The van der Waals surface area contributed by atoms with Crippen LogP contribution in [0.3, 0.4) is 0 Å². The number of hydrogen-bond acceptors (Lipinski definition) is 4. The molecule has 0 aromatic rings. The fraction of sp³-hybridized carbons (Fsp3) is 1.00. The van der Waals surface area contributed by atoms with Gasteiger partial charge in [-0.2, -0.15) is 8.42 Å². The van der Waals surface area contributed by atoms with Gasteiger partial charge in [0.25, 0.3) is 10.1 Å². The molecule has 0 aliphatic carbocycles. The Morgan fingerprint density at radius 3 is 2.31 bits per heavy atom. The van der Waals surface area contributed by atoms with Crippen molar-refractivity contribution in [1.29, 1.82) is 0 Å². The fourth-order valence-corrected chi connectivity index (χ4v) is 1.67.